The predicted octanol–water partition coefficient (Wildman–Crippen LogP) is 14.2. The Labute approximate surface area is 338 Å². The second kappa shape index (κ2) is 14.4. The summed E-state index contributed by atoms with van der Waals surface area (Å²) in [7, 11) is 0. The monoisotopic (exact) mass is 744 g/mol. The van der Waals surface area contributed by atoms with Crippen LogP contribution in [0.1, 0.15) is 58.6 Å². The summed E-state index contributed by atoms with van der Waals surface area (Å²) in [5.74, 6) is 1.000. The van der Waals surface area contributed by atoms with E-state index >= 15 is 0 Å². The molecule has 0 spiro atoms. The van der Waals surface area contributed by atoms with Crippen molar-refractivity contribution < 1.29 is 4.42 Å². The fourth-order valence-electron chi connectivity index (χ4n) is 9.27. The summed E-state index contributed by atoms with van der Waals surface area (Å²) in [6.45, 7) is 0. The molecule has 1 unspecified atom stereocenters. The summed E-state index contributed by atoms with van der Waals surface area (Å²) in [5, 5.41) is 4.79. The van der Waals surface area contributed by atoms with Crippen molar-refractivity contribution in [1.82, 2.24) is 0 Å². The van der Waals surface area contributed by atoms with Gasteiger partial charge in [-0.2, -0.15) is 0 Å². The SMILES string of the molecule is C1=C(c2cccc3oc4ccc(-c5ccc6c(c5)-c5ccccc5CCC6c5cccc6ccccc56)cc4c23)N=C(c2ccccc2)N=C(c2ccccc2)CC1. The number of fused-ring (bicyclic) bond motifs is 7. The Bertz CT molecular complexity index is 3110. The molecule has 1 aliphatic heterocycles. The lowest BCUT2D eigenvalue weighted by Crippen LogP contribution is -2.09. The van der Waals surface area contributed by atoms with Gasteiger partial charge in [-0.15, -0.1) is 0 Å². The summed E-state index contributed by atoms with van der Waals surface area (Å²) in [4.78, 5) is 10.6. The number of nitrogens with zero attached hydrogens (tertiary/aromatic N) is 2. The predicted molar refractivity (Wildman–Crippen MR) is 242 cm³/mol. The van der Waals surface area contributed by atoms with Gasteiger partial charge < -0.3 is 4.42 Å². The first-order valence-corrected chi connectivity index (χ1v) is 20.4. The van der Waals surface area contributed by atoms with E-state index in [1.54, 1.807) is 0 Å². The summed E-state index contributed by atoms with van der Waals surface area (Å²) >= 11 is 0. The van der Waals surface area contributed by atoms with Crippen LogP contribution in [0.3, 0.4) is 0 Å². The molecular weight excluding hydrogens is 705 g/mol. The maximum Gasteiger partial charge on any atom is 0.160 e. The number of allylic oxidation sites excluding steroid dienone is 1. The van der Waals surface area contributed by atoms with Crippen molar-refractivity contribution in [2.75, 3.05) is 0 Å². The molecule has 0 radical (unpaired) electrons. The third-order valence-electron chi connectivity index (χ3n) is 12.1. The second-order valence-corrected chi connectivity index (χ2v) is 15.5. The average molecular weight is 745 g/mol. The zero-order chi connectivity index (χ0) is 38.4. The van der Waals surface area contributed by atoms with Gasteiger partial charge in [-0.3, -0.25) is 0 Å². The van der Waals surface area contributed by atoms with Gasteiger partial charge in [0.05, 0.1) is 11.4 Å². The fourth-order valence-corrected chi connectivity index (χ4v) is 9.27. The van der Waals surface area contributed by atoms with Gasteiger partial charge in [0.2, 0.25) is 0 Å². The number of hydrogen-bond acceptors (Lipinski definition) is 3. The van der Waals surface area contributed by atoms with Crippen molar-refractivity contribution in [1.29, 1.82) is 0 Å². The molecule has 1 aliphatic carbocycles. The third-order valence-corrected chi connectivity index (χ3v) is 12.1. The molecule has 8 aromatic carbocycles. The first kappa shape index (κ1) is 34.2. The van der Waals surface area contributed by atoms with Crippen LogP contribution < -0.4 is 0 Å². The lowest BCUT2D eigenvalue weighted by atomic mass is 9.82. The largest absolute Gasteiger partial charge is 0.456 e. The van der Waals surface area contributed by atoms with Crippen LogP contribution in [0.25, 0.3) is 60.7 Å². The molecule has 11 rings (SSSR count). The van der Waals surface area contributed by atoms with Crippen LogP contribution in [-0.4, -0.2) is 11.5 Å². The standard InChI is InChI=1S/C55H40N2O/c1-3-16-38(17-4-1)50-25-13-26-51(57-55(56-50)39-18-5-2-6-19-39)47-24-12-27-53-54(47)49-35-41(30-33-52(49)58-53)40-29-32-46-45(44-23-11-20-36-14-7-9-21-42(36)44)31-28-37-15-8-10-22-43(37)48(46)34-40/h1-12,14-24,26-27,29-30,32-35,45H,13,25,28,31H2. The van der Waals surface area contributed by atoms with E-state index in [1.165, 1.54) is 44.2 Å². The Kier molecular flexibility index (Phi) is 8.51. The molecule has 0 N–H and O–H groups in total. The quantitative estimate of drug-likeness (QED) is 0.173. The summed E-state index contributed by atoms with van der Waals surface area (Å²) in [5.41, 5.74) is 16.1. The van der Waals surface area contributed by atoms with Crippen LogP contribution in [0, 0.1) is 0 Å². The lowest BCUT2D eigenvalue weighted by molar-refractivity contribution is 0.669. The van der Waals surface area contributed by atoms with E-state index in [0.29, 0.717) is 5.84 Å². The van der Waals surface area contributed by atoms with Crippen LogP contribution in [-0.2, 0) is 6.42 Å². The molecule has 276 valence electrons. The number of amidine groups is 1. The van der Waals surface area contributed by atoms with Gasteiger partial charge in [-0.1, -0.05) is 164 Å². The highest BCUT2D eigenvalue weighted by molar-refractivity contribution is 6.16. The fraction of sp³-hybridized carbons (Fsp3) is 0.0909. The van der Waals surface area contributed by atoms with E-state index in [2.05, 4.69) is 164 Å². The maximum absolute atomic E-state index is 6.57. The van der Waals surface area contributed by atoms with E-state index in [-0.39, 0.29) is 5.92 Å². The van der Waals surface area contributed by atoms with Gasteiger partial charge in [0.15, 0.2) is 5.84 Å². The minimum atomic E-state index is 0.289. The zero-order valence-electron chi connectivity index (χ0n) is 32.1. The smallest absolute Gasteiger partial charge is 0.160 e. The molecule has 0 bridgehead atoms. The molecule has 58 heavy (non-hydrogen) atoms. The Morgan fingerprint density at radius 2 is 1.19 bits per heavy atom. The van der Waals surface area contributed by atoms with Gasteiger partial charge in [-0.25, -0.2) is 9.98 Å². The number of aryl methyl sites for hydroxylation is 1. The highest BCUT2D eigenvalue weighted by atomic mass is 16.3. The Balaban J connectivity index is 1.05. The molecule has 3 nitrogen and oxygen atoms in total. The Morgan fingerprint density at radius 1 is 0.466 bits per heavy atom. The normalized spacial score (nSPS) is 15.4. The zero-order valence-corrected chi connectivity index (χ0v) is 32.1. The van der Waals surface area contributed by atoms with Gasteiger partial charge in [0.1, 0.15) is 11.2 Å². The third kappa shape index (κ3) is 6.07. The molecular formula is C55H40N2O. The Hall–Kier alpha value is -7.10. The second-order valence-electron chi connectivity index (χ2n) is 15.5. The molecule has 3 heteroatoms. The minimum Gasteiger partial charge on any atom is -0.456 e. The van der Waals surface area contributed by atoms with Crippen molar-refractivity contribution in [3.8, 4) is 22.3 Å². The number of benzene rings is 8. The maximum atomic E-state index is 6.57. The molecule has 0 saturated carbocycles. The number of rotatable bonds is 5. The van der Waals surface area contributed by atoms with Crippen molar-refractivity contribution >= 4 is 50.0 Å². The van der Waals surface area contributed by atoms with Crippen LogP contribution in [0.2, 0.25) is 0 Å². The van der Waals surface area contributed by atoms with Crippen LogP contribution >= 0.6 is 0 Å². The van der Waals surface area contributed by atoms with Crippen molar-refractivity contribution in [3.05, 3.63) is 221 Å². The van der Waals surface area contributed by atoms with Crippen molar-refractivity contribution in [2.24, 2.45) is 9.98 Å². The summed E-state index contributed by atoms with van der Waals surface area (Å²) in [6, 6.07) is 65.5. The molecule has 0 amide bonds. The van der Waals surface area contributed by atoms with Gasteiger partial charge >= 0.3 is 0 Å². The summed E-state index contributed by atoms with van der Waals surface area (Å²) < 4.78 is 6.57. The van der Waals surface area contributed by atoms with Crippen LogP contribution in [0.4, 0.5) is 0 Å². The molecule has 0 fully saturated rings. The molecule has 1 atom stereocenters. The topological polar surface area (TPSA) is 37.9 Å². The Morgan fingerprint density at radius 3 is 2.09 bits per heavy atom. The van der Waals surface area contributed by atoms with E-state index < -0.39 is 0 Å². The van der Waals surface area contributed by atoms with Gasteiger partial charge in [0.25, 0.3) is 0 Å². The highest BCUT2D eigenvalue weighted by Gasteiger charge is 2.26. The molecule has 0 saturated heterocycles. The van der Waals surface area contributed by atoms with Crippen LogP contribution in [0.5, 0.6) is 0 Å². The van der Waals surface area contributed by atoms with Gasteiger partial charge in [0, 0.05) is 27.8 Å². The van der Waals surface area contributed by atoms with Crippen molar-refractivity contribution in [2.45, 2.75) is 31.6 Å². The first-order valence-electron chi connectivity index (χ1n) is 20.4. The molecule has 9 aromatic rings. The van der Waals surface area contributed by atoms with E-state index in [0.717, 1.165) is 81.3 Å². The van der Waals surface area contributed by atoms with Gasteiger partial charge in [-0.05, 0) is 105 Å². The molecule has 2 heterocycles. The van der Waals surface area contributed by atoms with E-state index in [1.807, 2.05) is 24.3 Å². The van der Waals surface area contributed by atoms with Crippen molar-refractivity contribution in [3.63, 3.8) is 0 Å². The highest BCUT2D eigenvalue weighted by Crippen LogP contribution is 2.45. The summed E-state index contributed by atoms with van der Waals surface area (Å²) in [6.07, 6.45) is 6.01. The van der Waals surface area contributed by atoms with E-state index in [4.69, 9.17) is 14.4 Å². The number of aliphatic imine (C=N–C) groups is 2. The number of furan rings is 1. The molecule has 1 aromatic heterocycles. The minimum absolute atomic E-state index is 0.289. The number of hydrogen-bond donors (Lipinski definition) is 0. The first-order chi connectivity index (χ1) is 28.7. The lowest BCUT2D eigenvalue weighted by Gasteiger charge is -2.21. The average Bonchev–Trinajstić information content (AvgIpc) is 3.57. The molecule has 2 aliphatic rings. The van der Waals surface area contributed by atoms with Crippen LogP contribution in [0.15, 0.2) is 202 Å². The van der Waals surface area contributed by atoms with E-state index in [9.17, 15) is 0 Å².